The largest absolute Gasteiger partial charge is 0.870 e. The minimum absolute atomic E-state index is 0.110. The number of azo groups is 1. The highest BCUT2D eigenvalue weighted by Gasteiger charge is 2.18. The van der Waals surface area contributed by atoms with Crippen molar-refractivity contribution in [2.24, 2.45) is 10.2 Å². The van der Waals surface area contributed by atoms with E-state index in [0.717, 1.165) is 18.2 Å². The first-order valence-electron chi connectivity index (χ1n) is 47.8. The first kappa shape index (κ1) is 103. The second-order valence-corrected chi connectivity index (χ2v) is 35.2. The van der Waals surface area contributed by atoms with Gasteiger partial charge in [-0.3, -0.25) is 4.79 Å². The average Bonchev–Trinajstić information content (AvgIpc) is 0.781. The predicted molar refractivity (Wildman–Crippen MR) is 482 cm³/mol. The summed E-state index contributed by atoms with van der Waals surface area (Å²) in [5.41, 5.74) is -0.653. The third-order valence-electron chi connectivity index (χ3n) is 23.4. The van der Waals surface area contributed by atoms with E-state index in [1.807, 2.05) is 0 Å². The van der Waals surface area contributed by atoms with Crippen LogP contribution in [-0.4, -0.2) is 86.3 Å². The number of hydrogen-bond donors (Lipinski definition) is 2. The number of fused-ring (bicyclic) bond motifs is 1. The molecule has 0 aliphatic rings. The fraction of sp³-hybridized carbons (Fsp3) is 0.752. The van der Waals surface area contributed by atoms with Crippen LogP contribution in [0.3, 0.4) is 0 Å². The van der Waals surface area contributed by atoms with E-state index in [2.05, 4.69) is 71.4 Å². The lowest BCUT2D eigenvalue weighted by Crippen LogP contribution is -2.41. The molecule has 4 rings (SSSR count). The van der Waals surface area contributed by atoms with Crippen LogP contribution < -0.4 is 15.5 Å². The van der Waals surface area contributed by atoms with Crippen molar-refractivity contribution in [1.29, 1.82) is 0 Å². The van der Waals surface area contributed by atoms with E-state index in [0.29, 0.717) is 16.5 Å². The lowest BCUT2D eigenvalue weighted by molar-refractivity contribution is -0.890. The molecule has 2 N–H and O–H groups in total. The Hall–Kier alpha value is -5.13. The summed E-state index contributed by atoms with van der Waals surface area (Å²) in [5.74, 6) is -4.28. The molecule has 0 radical (unpaired) electrons. The highest BCUT2D eigenvalue weighted by molar-refractivity contribution is 6.11. The van der Waals surface area contributed by atoms with E-state index in [1.54, 1.807) is 54.6 Å². The van der Waals surface area contributed by atoms with Crippen LogP contribution >= 0.6 is 0 Å². The molecule has 4 aromatic rings. The third kappa shape index (κ3) is 58.7. The van der Waals surface area contributed by atoms with Gasteiger partial charge in [-0.05, 0) is 93.2 Å². The van der Waals surface area contributed by atoms with Gasteiger partial charge in [-0.2, -0.15) is 10.2 Å². The van der Waals surface area contributed by atoms with E-state index < -0.39 is 29.2 Å². The van der Waals surface area contributed by atoms with Gasteiger partial charge in [-0.25, -0.2) is 4.79 Å². The second kappa shape index (κ2) is 72.3. The lowest BCUT2D eigenvalue weighted by atomic mass is 10.0. The number of nitrogens with zero attached hydrogens (tertiary/aromatic N) is 4. The summed E-state index contributed by atoms with van der Waals surface area (Å²) in [6.45, 7) is 14.8. The molecule has 0 heterocycles. The van der Waals surface area contributed by atoms with Crippen LogP contribution in [0.1, 0.15) is 470 Å². The quantitative estimate of drug-likeness (QED) is 0.0255. The fourth-order valence-electron chi connectivity index (χ4n) is 15.9. The van der Waals surface area contributed by atoms with Crippen molar-refractivity contribution < 1.29 is 38.7 Å². The number of carbonyl (C=O) groups excluding carboxylic acids is 2. The number of quaternary nitrogens is 2. The van der Waals surface area contributed by atoms with Crippen LogP contribution in [0.4, 0.5) is 17.1 Å². The fourth-order valence-corrected chi connectivity index (χ4v) is 15.9. The molecule has 0 aromatic heterocycles. The van der Waals surface area contributed by atoms with Crippen LogP contribution in [0.2, 0.25) is 0 Å². The number of carboxylic acids is 2. The maximum absolute atomic E-state index is 13.2. The second-order valence-electron chi connectivity index (χ2n) is 35.2. The molecule has 11 heteroatoms. The summed E-state index contributed by atoms with van der Waals surface area (Å²) in [4.78, 5) is 35.4. The van der Waals surface area contributed by atoms with Crippen molar-refractivity contribution in [1.82, 2.24) is 0 Å². The third-order valence-corrected chi connectivity index (χ3v) is 23.4. The minimum Gasteiger partial charge on any atom is -0.870 e. The van der Waals surface area contributed by atoms with Crippen LogP contribution in [0, 0.1) is 0 Å². The van der Waals surface area contributed by atoms with Gasteiger partial charge in [-0.1, -0.05) is 435 Å². The maximum Gasteiger partial charge on any atom is 0.335 e. The van der Waals surface area contributed by atoms with E-state index >= 15 is 0 Å². The summed E-state index contributed by atoms with van der Waals surface area (Å²) in [6, 6.07) is 19.9. The van der Waals surface area contributed by atoms with Crippen molar-refractivity contribution in [2.45, 2.75) is 439 Å². The van der Waals surface area contributed by atoms with Crippen molar-refractivity contribution >= 4 is 45.7 Å². The van der Waals surface area contributed by atoms with E-state index in [1.165, 1.54) is 452 Å². The summed E-state index contributed by atoms with van der Waals surface area (Å²) < 4.78 is 2.49. The normalized spacial score (nSPS) is 11.7. The highest BCUT2D eigenvalue weighted by Crippen LogP contribution is 2.38. The Morgan fingerprint density at radius 3 is 0.866 bits per heavy atom. The SMILES string of the molecule is CCCCCCCCCCCCCCCCCC[N+](C)(C)CCCCCCCCCCCCCCCCCC.CCCCCCCCCCCCCCCCCC[N+](C)(C)CCCCCCCCCCCCCCCCCC.O=C([O-])c1cc(N=Nc2c([O-])c(C(=O)Nc3ccccc3)cc3ccccc23)cc(C(=O)O)c1. The van der Waals surface area contributed by atoms with E-state index in [-0.39, 0.29) is 22.5 Å². The number of carboxylic acid groups (broad SMARTS) is 2. The number of carbonyl (C=O) groups is 3. The molecule has 0 saturated carbocycles. The topological polar surface area (TPSA) is 154 Å². The van der Waals surface area contributed by atoms with E-state index in [4.69, 9.17) is 0 Å². The van der Waals surface area contributed by atoms with Crippen molar-refractivity contribution in [3.05, 3.63) is 95.6 Å². The Balaban J connectivity index is 0.000000571. The Morgan fingerprint density at radius 1 is 0.330 bits per heavy atom. The number of amides is 1. The van der Waals surface area contributed by atoms with Gasteiger partial charge in [0, 0.05) is 22.2 Å². The first-order chi connectivity index (χ1) is 54.6. The Kier molecular flexibility index (Phi) is 66.5. The minimum atomic E-state index is -1.59. The number of nitrogens with one attached hydrogen (secondary N) is 1. The van der Waals surface area contributed by atoms with Crippen LogP contribution in [0.15, 0.2) is 89.1 Å². The summed E-state index contributed by atoms with van der Waals surface area (Å²) >= 11 is 0. The molecular weight excluding hydrogens is 1380 g/mol. The zero-order valence-corrected chi connectivity index (χ0v) is 74.4. The van der Waals surface area contributed by atoms with Gasteiger partial charge in [0.1, 0.15) is 0 Å². The monoisotopic (exact) mass is 1550 g/mol. The summed E-state index contributed by atoms with van der Waals surface area (Å²) in [6.07, 6.45) is 93.9. The molecular formula is C101H175N5O6. The zero-order valence-electron chi connectivity index (χ0n) is 74.4. The standard InChI is InChI=1S/2C38H80N.C25H17N3O6/c2*1-5-7-9-11-13-15-17-19-21-23-25-27-29-31-33-35-37-39(3,4)38-36-34-32-30-28-26-24-22-20-18-16-14-12-10-8-6-2;29-22-20(23(30)26-17-7-2-1-3-8-17)13-14-6-4-5-9-19(14)21(22)28-27-18-11-15(24(31)32)10-16(12-18)25(33)34/h2*5-38H2,1-4H3;1-13,29H,(H,26,30)(H,31,32)(H,33,34)/q2*+1;/p-2. The molecule has 11 nitrogen and oxygen atoms in total. The van der Waals surface area contributed by atoms with Crippen molar-refractivity contribution in [3.63, 3.8) is 0 Å². The molecule has 0 bridgehead atoms. The molecule has 1 amide bonds. The Bertz CT molecular complexity index is 2680. The number of rotatable bonds is 74. The number of unbranched alkanes of at least 4 members (excludes halogenated alkanes) is 60. The van der Waals surface area contributed by atoms with Gasteiger partial charge in [0.05, 0.1) is 77.3 Å². The Morgan fingerprint density at radius 2 is 0.589 bits per heavy atom. The van der Waals surface area contributed by atoms with Gasteiger partial charge in [0.15, 0.2) is 0 Å². The maximum atomic E-state index is 13.2. The molecule has 640 valence electrons. The first-order valence-corrected chi connectivity index (χ1v) is 47.8. The molecule has 0 unspecified atom stereocenters. The molecule has 0 saturated heterocycles. The van der Waals surface area contributed by atoms with Crippen LogP contribution in [0.25, 0.3) is 10.8 Å². The molecule has 0 spiro atoms. The smallest absolute Gasteiger partial charge is 0.335 e. The average molecular weight is 1560 g/mol. The Labute approximate surface area is 690 Å². The number of hydrogen-bond acceptors (Lipinski definition) is 7. The van der Waals surface area contributed by atoms with Gasteiger partial charge in [0.25, 0.3) is 5.91 Å². The molecule has 0 fully saturated rings. The van der Waals surface area contributed by atoms with Gasteiger partial charge in [-0.15, -0.1) is 0 Å². The molecule has 0 atom stereocenters. The number of anilines is 1. The van der Waals surface area contributed by atoms with Gasteiger partial charge >= 0.3 is 5.97 Å². The molecule has 0 aliphatic carbocycles. The number of benzene rings is 4. The predicted octanol–water partition coefficient (Wildman–Crippen LogP) is 30.8. The molecule has 0 aliphatic heterocycles. The molecule has 112 heavy (non-hydrogen) atoms. The molecule has 4 aromatic carbocycles. The number of aromatic carboxylic acids is 2. The number of para-hydroxylation sites is 1. The van der Waals surface area contributed by atoms with E-state index in [9.17, 15) is 29.7 Å². The highest BCUT2D eigenvalue weighted by atomic mass is 16.4. The van der Waals surface area contributed by atoms with Gasteiger partial charge in [0.2, 0.25) is 0 Å². The van der Waals surface area contributed by atoms with Crippen LogP contribution in [0.5, 0.6) is 5.75 Å². The lowest BCUT2D eigenvalue weighted by Gasteiger charge is -2.30. The van der Waals surface area contributed by atoms with Crippen molar-refractivity contribution in [2.75, 3.05) is 59.7 Å². The summed E-state index contributed by atoms with van der Waals surface area (Å²) in [7, 11) is 9.87. The van der Waals surface area contributed by atoms with Crippen molar-refractivity contribution in [3.8, 4) is 5.75 Å². The van der Waals surface area contributed by atoms with Crippen LogP contribution in [-0.2, 0) is 0 Å². The zero-order chi connectivity index (χ0) is 81.3. The summed E-state index contributed by atoms with van der Waals surface area (Å²) in [5, 5.41) is 45.1. The van der Waals surface area contributed by atoms with Gasteiger partial charge < -0.3 is 34.4 Å².